The summed E-state index contributed by atoms with van der Waals surface area (Å²) in [7, 11) is -1.63. The first kappa shape index (κ1) is 14.5. The van der Waals surface area contributed by atoms with E-state index in [-0.39, 0.29) is 0 Å². The molecule has 0 aliphatic carbocycles. The summed E-state index contributed by atoms with van der Waals surface area (Å²) in [6.45, 7) is 3.45. The molecule has 0 bridgehead atoms. The van der Waals surface area contributed by atoms with E-state index in [4.69, 9.17) is 14.0 Å². The summed E-state index contributed by atoms with van der Waals surface area (Å²) in [5, 5.41) is 0. The van der Waals surface area contributed by atoms with Crippen molar-refractivity contribution in [3.63, 3.8) is 0 Å². The molecule has 1 aromatic carbocycles. The van der Waals surface area contributed by atoms with Gasteiger partial charge >= 0.3 is 10.4 Å². The van der Waals surface area contributed by atoms with Gasteiger partial charge in [0, 0.05) is 0 Å². The Morgan fingerprint density at radius 1 is 1.28 bits per heavy atom. The van der Waals surface area contributed by atoms with Crippen LogP contribution in [0.15, 0.2) is 30.9 Å². The van der Waals surface area contributed by atoms with Crippen molar-refractivity contribution in [2.75, 3.05) is 14.2 Å². The third kappa shape index (κ3) is 3.73. The quantitative estimate of drug-likeness (QED) is 0.628. The molecule has 100 valence electrons. The zero-order valence-electron chi connectivity index (χ0n) is 9.99. The molecule has 0 aliphatic rings. The Hall–Kier alpha value is -1.57. The van der Waals surface area contributed by atoms with Crippen LogP contribution in [0.3, 0.4) is 0 Å². The van der Waals surface area contributed by atoms with Crippen LogP contribution in [0.25, 0.3) is 0 Å². The molecule has 7 heteroatoms. The zero-order valence-corrected chi connectivity index (χ0v) is 10.8. The molecule has 0 saturated heterocycles. The molecule has 1 atom stereocenters. The first-order chi connectivity index (χ1) is 8.41. The molecule has 6 nitrogen and oxygen atoms in total. The smallest absolute Gasteiger partial charge is 0.398 e. The van der Waals surface area contributed by atoms with Crippen LogP contribution >= 0.6 is 0 Å². The molecule has 0 heterocycles. The van der Waals surface area contributed by atoms with Gasteiger partial charge in [-0.15, -0.1) is 6.58 Å². The minimum atomic E-state index is -4.56. The summed E-state index contributed by atoms with van der Waals surface area (Å²) in [4.78, 5) is 0. The Labute approximate surface area is 106 Å². The highest BCUT2D eigenvalue weighted by Crippen LogP contribution is 2.31. The number of hydrogen-bond acceptors (Lipinski definition) is 5. The first-order valence-electron chi connectivity index (χ1n) is 4.91. The van der Waals surface area contributed by atoms with Crippen molar-refractivity contribution in [3.8, 4) is 11.5 Å². The molecule has 0 spiro atoms. The number of methoxy groups -OCH3 is 2. The Morgan fingerprint density at radius 3 is 2.33 bits per heavy atom. The van der Waals surface area contributed by atoms with Crippen molar-refractivity contribution in [1.29, 1.82) is 0 Å². The fourth-order valence-electron chi connectivity index (χ4n) is 1.39. The van der Waals surface area contributed by atoms with E-state index >= 15 is 0 Å². The van der Waals surface area contributed by atoms with Gasteiger partial charge in [0.2, 0.25) is 0 Å². The standard InChI is InChI=1S/C11H14O6S/c1-4-9(17-18(12,13)14)8-5-6-10(15-2)11(7-8)16-3/h4-7,9H,1H2,2-3H3,(H,12,13,14). The molecule has 18 heavy (non-hydrogen) atoms. The monoisotopic (exact) mass is 274 g/mol. The second kappa shape index (κ2) is 5.85. The van der Waals surface area contributed by atoms with E-state index < -0.39 is 16.5 Å². The van der Waals surface area contributed by atoms with Crippen molar-refractivity contribution in [3.05, 3.63) is 36.4 Å². The Morgan fingerprint density at radius 2 is 1.89 bits per heavy atom. The maximum atomic E-state index is 10.7. The van der Waals surface area contributed by atoms with Crippen LogP contribution < -0.4 is 9.47 Å². The van der Waals surface area contributed by atoms with Crippen molar-refractivity contribution in [2.24, 2.45) is 0 Å². The zero-order chi connectivity index (χ0) is 13.8. The summed E-state index contributed by atoms with van der Waals surface area (Å²) >= 11 is 0. The SMILES string of the molecule is C=CC(OS(=O)(=O)O)c1ccc(OC)c(OC)c1. The molecular formula is C11H14O6S. The third-order valence-electron chi connectivity index (χ3n) is 2.18. The van der Waals surface area contributed by atoms with Gasteiger partial charge in [-0.2, -0.15) is 8.42 Å². The van der Waals surface area contributed by atoms with Crippen LogP contribution in [-0.2, 0) is 14.6 Å². The van der Waals surface area contributed by atoms with Gasteiger partial charge in [0.1, 0.15) is 6.10 Å². The molecule has 1 aromatic rings. The van der Waals surface area contributed by atoms with E-state index in [1.807, 2.05) is 0 Å². The molecule has 0 radical (unpaired) electrons. The molecule has 0 saturated carbocycles. The average molecular weight is 274 g/mol. The molecule has 0 fully saturated rings. The lowest BCUT2D eigenvalue weighted by Crippen LogP contribution is -2.09. The Bertz CT molecular complexity index is 522. The van der Waals surface area contributed by atoms with E-state index in [9.17, 15) is 8.42 Å². The topological polar surface area (TPSA) is 82.1 Å². The normalized spacial score (nSPS) is 12.8. The van der Waals surface area contributed by atoms with Gasteiger partial charge in [-0.3, -0.25) is 4.55 Å². The summed E-state index contributed by atoms with van der Waals surface area (Å²) < 4.78 is 44.6. The number of benzene rings is 1. The number of rotatable bonds is 6. The van der Waals surface area contributed by atoms with Gasteiger partial charge < -0.3 is 9.47 Å². The molecule has 0 aliphatic heterocycles. The minimum Gasteiger partial charge on any atom is -0.493 e. The van der Waals surface area contributed by atoms with Crippen LogP contribution in [-0.4, -0.2) is 27.2 Å². The summed E-state index contributed by atoms with van der Waals surface area (Å²) in [5.74, 6) is 0.914. The molecular weight excluding hydrogens is 260 g/mol. The molecule has 0 amide bonds. The summed E-state index contributed by atoms with van der Waals surface area (Å²) in [6, 6.07) is 4.72. The predicted molar refractivity (Wildman–Crippen MR) is 65.1 cm³/mol. The van der Waals surface area contributed by atoms with Gasteiger partial charge in [0.05, 0.1) is 14.2 Å². The average Bonchev–Trinajstić information content (AvgIpc) is 2.34. The van der Waals surface area contributed by atoms with E-state index in [1.165, 1.54) is 26.4 Å². The first-order valence-corrected chi connectivity index (χ1v) is 6.28. The lowest BCUT2D eigenvalue weighted by atomic mass is 10.1. The molecule has 1 rings (SSSR count). The van der Waals surface area contributed by atoms with Gasteiger partial charge in [-0.1, -0.05) is 12.1 Å². The van der Waals surface area contributed by atoms with Gasteiger partial charge in [-0.05, 0) is 17.7 Å². The maximum Gasteiger partial charge on any atom is 0.398 e. The van der Waals surface area contributed by atoms with Crippen molar-refractivity contribution in [2.45, 2.75) is 6.10 Å². The Balaban J connectivity index is 3.11. The van der Waals surface area contributed by atoms with E-state index in [2.05, 4.69) is 10.8 Å². The Kier molecular flexibility index (Phi) is 4.71. The van der Waals surface area contributed by atoms with Crippen molar-refractivity contribution < 1.29 is 26.6 Å². The highest BCUT2D eigenvalue weighted by atomic mass is 32.3. The molecule has 1 unspecified atom stereocenters. The predicted octanol–water partition coefficient (Wildman–Crippen LogP) is 1.75. The second-order valence-electron chi connectivity index (χ2n) is 3.29. The molecule has 0 aromatic heterocycles. The van der Waals surface area contributed by atoms with E-state index in [0.717, 1.165) is 0 Å². The highest BCUT2D eigenvalue weighted by molar-refractivity contribution is 7.80. The minimum absolute atomic E-state index is 0.417. The molecule has 1 N–H and O–H groups in total. The summed E-state index contributed by atoms with van der Waals surface area (Å²) in [5.41, 5.74) is 0.459. The number of hydrogen-bond donors (Lipinski definition) is 1. The largest absolute Gasteiger partial charge is 0.493 e. The van der Waals surface area contributed by atoms with Crippen molar-refractivity contribution in [1.82, 2.24) is 0 Å². The fourth-order valence-corrected chi connectivity index (χ4v) is 1.84. The van der Waals surface area contributed by atoms with Gasteiger partial charge in [-0.25, -0.2) is 4.18 Å². The summed E-state index contributed by atoms with van der Waals surface area (Å²) in [6.07, 6.45) is 0.245. The lowest BCUT2D eigenvalue weighted by molar-refractivity contribution is 0.222. The van der Waals surface area contributed by atoms with Crippen LogP contribution in [0, 0.1) is 0 Å². The number of ether oxygens (including phenoxy) is 2. The van der Waals surface area contributed by atoms with Gasteiger partial charge in [0.25, 0.3) is 0 Å². The van der Waals surface area contributed by atoms with Crippen LogP contribution in [0.1, 0.15) is 11.7 Å². The van der Waals surface area contributed by atoms with Crippen LogP contribution in [0.2, 0.25) is 0 Å². The maximum absolute atomic E-state index is 10.7. The van der Waals surface area contributed by atoms with E-state index in [0.29, 0.717) is 17.1 Å². The van der Waals surface area contributed by atoms with Gasteiger partial charge in [0.15, 0.2) is 11.5 Å². The van der Waals surface area contributed by atoms with Crippen LogP contribution in [0.5, 0.6) is 11.5 Å². The van der Waals surface area contributed by atoms with Crippen LogP contribution in [0.4, 0.5) is 0 Å². The lowest BCUT2D eigenvalue weighted by Gasteiger charge is -2.14. The van der Waals surface area contributed by atoms with Crippen molar-refractivity contribution >= 4 is 10.4 Å². The second-order valence-corrected chi connectivity index (χ2v) is 4.34. The fraction of sp³-hybridized carbons (Fsp3) is 0.273. The highest BCUT2D eigenvalue weighted by Gasteiger charge is 2.17. The third-order valence-corrected chi connectivity index (χ3v) is 2.63. The van der Waals surface area contributed by atoms with E-state index in [1.54, 1.807) is 12.1 Å².